The predicted molar refractivity (Wildman–Crippen MR) is 83.1 cm³/mol. The van der Waals surface area contributed by atoms with Crippen molar-refractivity contribution in [1.82, 2.24) is 0 Å². The molecule has 0 amide bonds. The number of rotatable bonds is 3. The number of benzene rings is 2. The number of nitrogens with one attached hydrogen (secondary N) is 1. The molecule has 0 heterocycles. The molecule has 0 saturated carbocycles. The first-order chi connectivity index (χ1) is 11.8. The molecule has 25 heavy (non-hydrogen) atoms. The molecule has 0 aliphatic heterocycles. The Bertz CT molecular complexity index is 863. The summed E-state index contributed by atoms with van der Waals surface area (Å²) in [5.74, 6) is -1.77. The van der Waals surface area contributed by atoms with Crippen LogP contribution in [0.4, 0.5) is 23.2 Å². The molecule has 1 aliphatic rings. The van der Waals surface area contributed by atoms with Crippen molar-refractivity contribution >= 4 is 17.3 Å². The smallest absolute Gasteiger partial charge is 0.379 e. The van der Waals surface area contributed by atoms with Crippen molar-refractivity contribution < 1.29 is 27.2 Å². The summed E-state index contributed by atoms with van der Waals surface area (Å²) in [4.78, 5) is 24.3. The van der Waals surface area contributed by atoms with Gasteiger partial charge in [-0.05, 0) is 18.2 Å². The first-order valence-corrected chi connectivity index (χ1v) is 7.28. The van der Waals surface area contributed by atoms with Gasteiger partial charge in [-0.1, -0.05) is 30.3 Å². The Balaban J connectivity index is 1.79. The van der Waals surface area contributed by atoms with Crippen molar-refractivity contribution in [1.29, 1.82) is 0 Å². The minimum Gasteiger partial charge on any atom is -0.379 e. The lowest BCUT2D eigenvalue weighted by molar-refractivity contribution is -0.137. The van der Waals surface area contributed by atoms with E-state index >= 15 is 0 Å². The maximum Gasteiger partial charge on any atom is 0.416 e. The van der Waals surface area contributed by atoms with Crippen molar-refractivity contribution in [2.45, 2.75) is 6.18 Å². The van der Waals surface area contributed by atoms with Crippen LogP contribution in [-0.4, -0.2) is 18.1 Å². The molecule has 0 atom stereocenters. The van der Waals surface area contributed by atoms with Crippen molar-refractivity contribution in [3.05, 3.63) is 76.6 Å². The highest BCUT2D eigenvalue weighted by molar-refractivity contribution is 6.39. The van der Waals surface area contributed by atoms with Crippen LogP contribution in [0.1, 0.15) is 26.3 Å². The van der Waals surface area contributed by atoms with Crippen molar-refractivity contribution in [2.24, 2.45) is 0 Å². The van der Waals surface area contributed by atoms with Crippen LogP contribution in [0.25, 0.3) is 0 Å². The zero-order chi connectivity index (χ0) is 18.2. The number of hydrogen-bond donors (Lipinski definition) is 1. The molecule has 0 aromatic heterocycles. The van der Waals surface area contributed by atoms with E-state index in [2.05, 4.69) is 5.32 Å². The molecule has 2 aromatic rings. The van der Waals surface area contributed by atoms with Crippen molar-refractivity contribution in [3.8, 4) is 0 Å². The molecule has 3 nitrogen and oxygen atoms in total. The van der Waals surface area contributed by atoms with Crippen LogP contribution in [0.3, 0.4) is 0 Å². The van der Waals surface area contributed by atoms with Gasteiger partial charge in [0.2, 0.25) is 0 Å². The average Bonchev–Trinajstić information content (AvgIpc) is 2.81. The number of carbonyl (C=O) groups excluding carboxylic acids is 2. The molecular weight excluding hydrogens is 338 g/mol. The van der Waals surface area contributed by atoms with Crippen LogP contribution in [-0.2, 0) is 6.18 Å². The Hall–Kier alpha value is -2.96. The summed E-state index contributed by atoms with van der Waals surface area (Å²) in [6.07, 6.45) is -3.34. The molecule has 0 radical (unpaired) electrons. The highest BCUT2D eigenvalue weighted by atomic mass is 19.4. The lowest BCUT2D eigenvalue weighted by atomic mass is 10.1. The number of carbonyl (C=O) groups is 2. The monoisotopic (exact) mass is 349 g/mol. The number of fused-ring (bicyclic) bond motifs is 1. The number of ketones is 2. The Morgan fingerprint density at radius 3 is 2.12 bits per heavy atom. The zero-order valence-electron chi connectivity index (χ0n) is 12.7. The van der Waals surface area contributed by atoms with E-state index in [4.69, 9.17) is 0 Å². The second kappa shape index (κ2) is 6.16. The van der Waals surface area contributed by atoms with Crippen LogP contribution in [0, 0.1) is 5.82 Å². The summed E-state index contributed by atoms with van der Waals surface area (Å²) in [6, 6.07) is 8.29. The maximum absolute atomic E-state index is 13.6. The summed E-state index contributed by atoms with van der Waals surface area (Å²) in [5, 5.41) is 2.46. The van der Waals surface area contributed by atoms with Gasteiger partial charge in [0.05, 0.1) is 16.8 Å². The largest absolute Gasteiger partial charge is 0.416 e. The molecule has 0 bridgehead atoms. The minimum atomic E-state index is -4.60. The molecule has 1 N–H and O–H groups in total. The molecule has 2 aromatic carbocycles. The molecule has 128 valence electrons. The van der Waals surface area contributed by atoms with Crippen LogP contribution < -0.4 is 5.32 Å². The topological polar surface area (TPSA) is 46.2 Å². The SMILES string of the molecule is O=C1C(=CCNc2cc(C(F)(F)F)ccc2F)C(=O)c2ccccc21. The molecule has 0 fully saturated rings. The third-order valence-corrected chi connectivity index (χ3v) is 3.80. The first-order valence-electron chi connectivity index (χ1n) is 7.28. The number of hydrogen-bond acceptors (Lipinski definition) is 3. The van der Waals surface area contributed by atoms with Gasteiger partial charge in [-0.3, -0.25) is 9.59 Å². The fraction of sp³-hybridized carbons (Fsp3) is 0.111. The van der Waals surface area contributed by atoms with Gasteiger partial charge in [0.15, 0.2) is 11.6 Å². The van der Waals surface area contributed by atoms with Gasteiger partial charge in [-0.15, -0.1) is 0 Å². The molecule has 0 saturated heterocycles. The third kappa shape index (κ3) is 3.17. The molecule has 7 heteroatoms. The summed E-state index contributed by atoms with van der Waals surface area (Å²) in [5.41, 5.74) is -0.874. The van der Waals surface area contributed by atoms with E-state index in [9.17, 15) is 27.2 Å². The highest BCUT2D eigenvalue weighted by Gasteiger charge is 2.32. The summed E-state index contributed by atoms with van der Waals surface area (Å²) >= 11 is 0. The van der Waals surface area contributed by atoms with Crippen LogP contribution >= 0.6 is 0 Å². The van der Waals surface area contributed by atoms with E-state index < -0.39 is 29.1 Å². The van der Waals surface area contributed by atoms with E-state index in [1.165, 1.54) is 18.2 Å². The zero-order valence-corrected chi connectivity index (χ0v) is 12.7. The second-order valence-corrected chi connectivity index (χ2v) is 5.39. The molecule has 3 rings (SSSR count). The summed E-state index contributed by atoms with van der Waals surface area (Å²) in [6.45, 7) is -0.168. The number of alkyl halides is 3. The van der Waals surface area contributed by atoms with Gasteiger partial charge in [0.25, 0.3) is 0 Å². The fourth-order valence-corrected chi connectivity index (χ4v) is 2.56. The summed E-state index contributed by atoms with van der Waals surface area (Å²) < 4.78 is 51.7. The van der Waals surface area contributed by atoms with Gasteiger partial charge < -0.3 is 5.32 Å². The van der Waals surface area contributed by atoms with E-state index in [1.54, 1.807) is 12.1 Å². The molecular formula is C18H11F4NO2. The van der Waals surface area contributed by atoms with E-state index in [0.29, 0.717) is 18.2 Å². The number of anilines is 1. The second-order valence-electron chi connectivity index (χ2n) is 5.39. The van der Waals surface area contributed by atoms with Crippen molar-refractivity contribution in [3.63, 3.8) is 0 Å². The van der Waals surface area contributed by atoms with Gasteiger partial charge in [0.1, 0.15) is 5.82 Å². The van der Waals surface area contributed by atoms with Gasteiger partial charge >= 0.3 is 6.18 Å². The molecule has 1 aliphatic carbocycles. The normalized spacial score (nSPS) is 13.8. The van der Waals surface area contributed by atoms with Gasteiger partial charge in [-0.25, -0.2) is 4.39 Å². The van der Waals surface area contributed by atoms with Gasteiger partial charge in [0, 0.05) is 17.7 Å². The summed E-state index contributed by atoms with van der Waals surface area (Å²) in [7, 11) is 0. The van der Waals surface area contributed by atoms with E-state index in [-0.39, 0.29) is 28.9 Å². The lowest BCUT2D eigenvalue weighted by Crippen LogP contribution is -2.09. The van der Waals surface area contributed by atoms with Crippen LogP contribution in [0.15, 0.2) is 54.1 Å². The Labute approximate surface area is 140 Å². The average molecular weight is 349 g/mol. The van der Waals surface area contributed by atoms with Crippen LogP contribution in [0.2, 0.25) is 0 Å². The number of allylic oxidation sites excluding steroid dienone is 1. The fourth-order valence-electron chi connectivity index (χ4n) is 2.56. The number of Topliss-reactive ketones (excluding diaryl/α,β-unsaturated/α-hetero) is 2. The third-order valence-electron chi connectivity index (χ3n) is 3.80. The minimum absolute atomic E-state index is 0.0823. The molecule has 0 unspecified atom stereocenters. The predicted octanol–water partition coefficient (Wildman–Crippen LogP) is 4.26. The van der Waals surface area contributed by atoms with Crippen molar-refractivity contribution in [2.75, 3.05) is 11.9 Å². The van der Waals surface area contributed by atoms with Crippen LogP contribution in [0.5, 0.6) is 0 Å². The quantitative estimate of drug-likeness (QED) is 0.512. The molecule has 0 spiro atoms. The highest BCUT2D eigenvalue weighted by Crippen LogP contribution is 2.32. The Kier molecular flexibility index (Phi) is 4.16. The Morgan fingerprint density at radius 1 is 0.960 bits per heavy atom. The Morgan fingerprint density at radius 2 is 1.56 bits per heavy atom. The first kappa shape index (κ1) is 16.9. The number of halogens is 4. The standard InChI is InChI=1S/C18H11F4NO2/c19-14-6-5-10(18(20,21)22)9-15(14)23-8-7-13-16(24)11-3-1-2-4-12(11)17(13)25/h1-7,9,23H,8H2. The van der Waals surface area contributed by atoms with E-state index in [1.807, 2.05) is 0 Å². The maximum atomic E-state index is 13.6. The van der Waals surface area contributed by atoms with E-state index in [0.717, 1.165) is 0 Å². The van der Waals surface area contributed by atoms with Gasteiger partial charge in [-0.2, -0.15) is 13.2 Å². The lowest BCUT2D eigenvalue weighted by Gasteiger charge is -2.10.